The molecule has 8 nitrogen and oxygen atoms in total. The van der Waals surface area contributed by atoms with Crippen molar-refractivity contribution in [2.24, 2.45) is 0 Å². The van der Waals surface area contributed by atoms with E-state index >= 15 is 0 Å². The second kappa shape index (κ2) is 8.10. The maximum absolute atomic E-state index is 12.8. The number of aromatic amines is 1. The van der Waals surface area contributed by atoms with Gasteiger partial charge in [0.25, 0.3) is 11.5 Å². The van der Waals surface area contributed by atoms with Crippen LogP contribution in [0.4, 0.5) is 0 Å². The van der Waals surface area contributed by atoms with Crippen molar-refractivity contribution in [3.05, 3.63) is 75.7 Å². The van der Waals surface area contributed by atoms with Gasteiger partial charge < -0.3 is 14.3 Å². The van der Waals surface area contributed by atoms with E-state index in [1.165, 1.54) is 33.7 Å². The van der Waals surface area contributed by atoms with Crippen LogP contribution < -0.4 is 5.56 Å². The molecule has 1 saturated heterocycles. The molecule has 0 saturated carbocycles. The average molecular weight is 448 g/mol. The molecule has 0 unspecified atom stereocenters. The second-order valence-corrected chi connectivity index (χ2v) is 9.12. The maximum atomic E-state index is 12.8. The van der Waals surface area contributed by atoms with Crippen LogP contribution in [0, 0.1) is 0 Å². The molecule has 3 heterocycles. The molecule has 2 aromatic heterocycles. The molecule has 1 aliphatic rings. The van der Waals surface area contributed by atoms with E-state index in [0.717, 1.165) is 0 Å². The van der Waals surface area contributed by atoms with Crippen molar-refractivity contribution in [1.82, 2.24) is 14.2 Å². The molecule has 1 fully saturated rings. The third kappa shape index (κ3) is 3.91. The number of halogens is 1. The number of H-pyrrole nitrogens is 1. The van der Waals surface area contributed by atoms with Gasteiger partial charge in [-0.1, -0.05) is 17.7 Å². The molecule has 1 N–H and O–H groups in total. The molecule has 0 spiro atoms. The van der Waals surface area contributed by atoms with Crippen molar-refractivity contribution in [2.75, 3.05) is 26.2 Å². The molecule has 30 heavy (non-hydrogen) atoms. The fourth-order valence-electron chi connectivity index (χ4n) is 3.30. The van der Waals surface area contributed by atoms with Gasteiger partial charge in [-0.2, -0.15) is 4.31 Å². The van der Waals surface area contributed by atoms with Gasteiger partial charge >= 0.3 is 0 Å². The van der Waals surface area contributed by atoms with E-state index in [4.69, 9.17) is 16.0 Å². The molecule has 3 aromatic rings. The highest BCUT2D eigenvalue weighted by molar-refractivity contribution is 7.89. The van der Waals surface area contributed by atoms with Gasteiger partial charge in [-0.05, 0) is 42.5 Å². The minimum atomic E-state index is -3.70. The standard InChI is InChI=1S/C20H18ClN3O5S/c21-14-3-1-4-15(13-14)30(27,28)24-10-8-23(9-11-24)20(26)16-6-7-17(22-19(16)25)18-5-2-12-29-18/h1-7,12-13H,8-11H2,(H,22,25). The number of nitrogens with zero attached hydrogens (tertiary/aromatic N) is 2. The van der Waals surface area contributed by atoms with Crippen molar-refractivity contribution in [3.8, 4) is 11.5 Å². The highest BCUT2D eigenvalue weighted by Gasteiger charge is 2.31. The quantitative estimate of drug-likeness (QED) is 0.661. The summed E-state index contributed by atoms with van der Waals surface area (Å²) in [6.45, 7) is 0.613. The first-order valence-electron chi connectivity index (χ1n) is 9.18. The number of sulfonamides is 1. The fourth-order valence-corrected chi connectivity index (χ4v) is 5.02. The number of amides is 1. The molecular formula is C20H18ClN3O5S. The van der Waals surface area contributed by atoms with Gasteiger partial charge in [0.2, 0.25) is 10.0 Å². The van der Waals surface area contributed by atoms with Crippen LogP contribution in [0.2, 0.25) is 5.02 Å². The topological polar surface area (TPSA) is 104 Å². The van der Waals surface area contributed by atoms with E-state index in [1.807, 2.05) is 0 Å². The van der Waals surface area contributed by atoms with Crippen molar-refractivity contribution in [3.63, 3.8) is 0 Å². The predicted octanol–water partition coefficient (Wildman–Crippen LogP) is 2.44. The lowest BCUT2D eigenvalue weighted by molar-refractivity contribution is 0.0696. The first-order chi connectivity index (χ1) is 14.4. The van der Waals surface area contributed by atoms with E-state index in [-0.39, 0.29) is 36.6 Å². The summed E-state index contributed by atoms with van der Waals surface area (Å²) in [5, 5.41) is 0.335. The number of rotatable bonds is 4. The number of carbonyl (C=O) groups is 1. The van der Waals surface area contributed by atoms with Crippen LogP contribution in [0.15, 0.2) is 68.9 Å². The Kier molecular flexibility index (Phi) is 5.50. The summed E-state index contributed by atoms with van der Waals surface area (Å²) in [7, 11) is -3.70. The summed E-state index contributed by atoms with van der Waals surface area (Å²) < 4.78 is 32.1. The molecular weight excluding hydrogens is 430 g/mol. The Morgan fingerprint density at radius 3 is 2.43 bits per heavy atom. The van der Waals surface area contributed by atoms with Crippen LogP contribution in [-0.2, 0) is 10.0 Å². The number of piperazine rings is 1. The number of carbonyl (C=O) groups excluding carboxylic acids is 1. The van der Waals surface area contributed by atoms with Crippen molar-refractivity contribution in [1.29, 1.82) is 0 Å². The molecule has 0 bridgehead atoms. The Morgan fingerprint density at radius 2 is 1.80 bits per heavy atom. The Labute approximate surface area is 177 Å². The molecule has 0 aliphatic carbocycles. The number of aromatic nitrogens is 1. The normalized spacial score (nSPS) is 15.3. The zero-order valence-corrected chi connectivity index (χ0v) is 17.3. The van der Waals surface area contributed by atoms with Crippen LogP contribution in [0.25, 0.3) is 11.5 Å². The summed E-state index contributed by atoms with van der Waals surface area (Å²) in [5.41, 5.74) is -0.0571. The second-order valence-electron chi connectivity index (χ2n) is 6.75. The minimum Gasteiger partial charge on any atom is -0.463 e. The number of furan rings is 1. The zero-order chi connectivity index (χ0) is 21.3. The van der Waals surface area contributed by atoms with E-state index in [2.05, 4.69) is 4.98 Å². The lowest BCUT2D eigenvalue weighted by Gasteiger charge is -2.34. The third-order valence-corrected chi connectivity index (χ3v) is 7.02. The van der Waals surface area contributed by atoms with Crippen LogP contribution in [0.5, 0.6) is 0 Å². The molecule has 1 aliphatic heterocycles. The first-order valence-corrected chi connectivity index (χ1v) is 11.0. The van der Waals surface area contributed by atoms with Crippen molar-refractivity contribution in [2.45, 2.75) is 4.90 Å². The van der Waals surface area contributed by atoms with Gasteiger partial charge in [-0.3, -0.25) is 9.59 Å². The highest BCUT2D eigenvalue weighted by Crippen LogP contribution is 2.21. The van der Waals surface area contributed by atoms with Crippen molar-refractivity contribution >= 4 is 27.5 Å². The third-order valence-electron chi connectivity index (χ3n) is 4.89. The van der Waals surface area contributed by atoms with Gasteiger partial charge in [-0.15, -0.1) is 0 Å². The number of hydrogen-bond donors (Lipinski definition) is 1. The number of nitrogens with one attached hydrogen (secondary N) is 1. The number of hydrogen-bond acceptors (Lipinski definition) is 5. The lowest BCUT2D eigenvalue weighted by atomic mass is 10.2. The maximum Gasteiger partial charge on any atom is 0.261 e. The summed E-state index contributed by atoms with van der Waals surface area (Å²) in [6.07, 6.45) is 1.49. The Bertz CT molecular complexity index is 1230. The predicted molar refractivity (Wildman–Crippen MR) is 111 cm³/mol. The Hall–Kier alpha value is -2.88. The lowest BCUT2D eigenvalue weighted by Crippen LogP contribution is -2.51. The number of benzene rings is 1. The van der Waals surface area contributed by atoms with E-state index < -0.39 is 21.5 Å². The van der Waals surface area contributed by atoms with E-state index in [0.29, 0.717) is 16.5 Å². The molecule has 4 rings (SSSR count). The van der Waals surface area contributed by atoms with Crippen LogP contribution >= 0.6 is 11.6 Å². The van der Waals surface area contributed by atoms with E-state index in [9.17, 15) is 18.0 Å². The SMILES string of the molecule is O=C(c1ccc(-c2ccco2)[nH]c1=O)N1CCN(S(=O)(=O)c2cccc(Cl)c2)CC1. The fraction of sp³-hybridized carbons (Fsp3) is 0.200. The van der Waals surface area contributed by atoms with Crippen LogP contribution in [0.1, 0.15) is 10.4 Å². The Morgan fingerprint density at radius 1 is 1.03 bits per heavy atom. The highest BCUT2D eigenvalue weighted by atomic mass is 35.5. The molecule has 156 valence electrons. The molecule has 1 amide bonds. The summed E-state index contributed by atoms with van der Waals surface area (Å²) in [4.78, 5) is 29.4. The molecule has 0 atom stereocenters. The molecule has 1 aromatic carbocycles. The summed E-state index contributed by atoms with van der Waals surface area (Å²) in [6, 6.07) is 12.5. The van der Waals surface area contributed by atoms with Crippen LogP contribution in [-0.4, -0.2) is 54.7 Å². The monoisotopic (exact) mass is 447 g/mol. The minimum absolute atomic E-state index is 0.00328. The largest absolute Gasteiger partial charge is 0.463 e. The van der Waals surface area contributed by atoms with Gasteiger partial charge in [0.05, 0.1) is 16.9 Å². The summed E-state index contributed by atoms with van der Waals surface area (Å²) in [5.74, 6) is 0.0491. The number of pyridine rings is 1. The van der Waals surface area contributed by atoms with Crippen LogP contribution in [0.3, 0.4) is 0 Å². The van der Waals surface area contributed by atoms with Gasteiger partial charge in [0, 0.05) is 31.2 Å². The van der Waals surface area contributed by atoms with Crippen molar-refractivity contribution < 1.29 is 17.6 Å². The van der Waals surface area contributed by atoms with Gasteiger partial charge in [0.15, 0.2) is 0 Å². The van der Waals surface area contributed by atoms with Gasteiger partial charge in [-0.25, -0.2) is 8.42 Å². The first kappa shape index (κ1) is 20.4. The van der Waals surface area contributed by atoms with Gasteiger partial charge in [0.1, 0.15) is 11.3 Å². The Balaban J connectivity index is 1.46. The molecule has 10 heteroatoms. The molecule has 0 radical (unpaired) electrons. The summed E-state index contributed by atoms with van der Waals surface area (Å²) >= 11 is 5.91. The smallest absolute Gasteiger partial charge is 0.261 e. The average Bonchev–Trinajstić information content (AvgIpc) is 3.28. The zero-order valence-electron chi connectivity index (χ0n) is 15.7. The van der Waals surface area contributed by atoms with E-state index in [1.54, 1.807) is 30.3 Å².